The summed E-state index contributed by atoms with van der Waals surface area (Å²) in [7, 11) is 0. The third-order valence-corrected chi connectivity index (χ3v) is 3.53. The Morgan fingerprint density at radius 3 is 3.00 bits per heavy atom. The Balaban J connectivity index is 2.24. The van der Waals surface area contributed by atoms with Crippen LogP contribution in [-0.4, -0.2) is 27.1 Å². The van der Waals surface area contributed by atoms with Crippen LogP contribution in [0, 0.1) is 13.8 Å². The molecule has 4 nitrogen and oxygen atoms in total. The van der Waals surface area contributed by atoms with Crippen molar-refractivity contribution in [3.05, 3.63) is 22.5 Å². The smallest absolute Gasteiger partial charge is 0.194 e. The molecule has 2 aromatic rings. The van der Waals surface area contributed by atoms with Gasteiger partial charge >= 0.3 is 0 Å². The highest BCUT2D eigenvalue weighted by atomic mass is 32.1. The van der Waals surface area contributed by atoms with Crippen LogP contribution in [-0.2, 0) is 6.54 Å². The fourth-order valence-electron chi connectivity index (χ4n) is 1.66. The zero-order chi connectivity index (χ0) is 11.7. The summed E-state index contributed by atoms with van der Waals surface area (Å²) in [6, 6.07) is 0.115. The van der Waals surface area contributed by atoms with E-state index in [1.807, 2.05) is 13.8 Å². The van der Waals surface area contributed by atoms with E-state index in [9.17, 15) is 0 Å². The lowest BCUT2D eigenvalue weighted by atomic mass is 10.3. The first kappa shape index (κ1) is 11.6. The first-order valence-corrected chi connectivity index (χ1v) is 6.21. The van der Waals surface area contributed by atoms with Crippen LogP contribution in [0.5, 0.6) is 0 Å². The second-order valence-corrected chi connectivity index (χ2v) is 5.32. The monoisotopic (exact) mass is 239 g/mol. The van der Waals surface area contributed by atoms with Gasteiger partial charge in [0.15, 0.2) is 4.96 Å². The van der Waals surface area contributed by atoms with E-state index in [4.69, 9.17) is 5.11 Å². The Labute approximate surface area is 98.9 Å². The lowest BCUT2D eigenvalue weighted by Gasteiger charge is -2.10. The van der Waals surface area contributed by atoms with Crippen LogP contribution < -0.4 is 5.32 Å². The molecule has 0 aliphatic rings. The average Bonchev–Trinajstić information content (AvgIpc) is 2.71. The molecule has 2 aromatic heterocycles. The van der Waals surface area contributed by atoms with Crippen molar-refractivity contribution in [1.29, 1.82) is 0 Å². The number of hydrogen-bond donors (Lipinski definition) is 2. The van der Waals surface area contributed by atoms with Crippen molar-refractivity contribution in [2.75, 3.05) is 6.61 Å². The van der Waals surface area contributed by atoms with Crippen LogP contribution in [0.1, 0.15) is 23.2 Å². The zero-order valence-electron chi connectivity index (χ0n) is 9.82. The molecule has 0 fully saturated rings. The van der Waals surface area contributed by atoms with Crippen molar-refractivity contribution in [2.24, 2.45) is 0 Å². The van der Waals surface area contributed by atoms with E-state index in [0.29, 0.717) is 0 Å². The van der Waals surface area contributed by atoms with Gasteiger partial charge in [0.2, 0.25) is 0 Å². The minimum atomic E-state index is 0.115. The summed E-state index contributed by atoms with van der Waals surface area (Å²) in [5, 5.41) is 12.2. The molecule has 0 spiro atoms. The van der Waals surface area contributed by atoms with Crippen molar-refractivity contribution >= 4 is 16.3 Å². The molecule has 0 aliphatic carbocycles. The molecule has 0 aromatic carbocycles. The summed E-state index contributed by atoms with van der Waals surface area (Å²) in [6.07, 6.45) is 2.11. The molecule has 0 radical (unpaired) electrons. The molecule has 88 valence electrons. The number of nitrogens with zero attached hydrogens (tertiary/aromatic N) is 2. The van der Waals surface area contributed by atoms with Crippen LogP contribution >= 0.6 is 11.3 Å². The summed E-state index contributed by atoms with van der Waals surface area (Å²) >= 11 is 1.70. The standard InChI is InChI=1S/C11H17N3OS/c1-7(6-15)12-4-10-9(3)13-11-14(10)5-8(2)16-11/h5,7,12,15H,4,6H2,1-3H3/t7-/m1/s1. The average molecular weight is 239 g/mol. The van der Waals surface area contributed by atoms with Crippen molar-refractivity contribution in [3.63, 3.8) is 0 Å². The number of imidazole rings is 1. The second kappa shape index (κ2) is 4.53. The summed E-state index contributed by atoms with van der Waals surface area (Å²) in [6.45, 7) is 6.97. The molecule has 16 heavy (non-hydrogen) atoms. The van der Waals surface area contributed by atoms with Crippen molar-refractivity contribution in [1.82, 2.24) is 14.7 Å². The van der Waals surface area contributed by atoms with Crippen molar-refractivity contribution < 1.29 is 5.11 Å². The Morgan fingerprint density at radius 2 is 2.31 bits per heavy atom. The van der Waals surface area contributed by atoms with Gasteiger partial charge in [0, 0.05) is 23.7 Å². The fourth-order valence-corrected chi connectivity index (χ4v) is 2.55. The second-order valence-electron chi connectivity index (χ2n) is 4.10. The van der Waals surface area contributed by atoms with Crippen molar-refractivity contribution in [2.45, 2.75) is 33.4 Å². The first-order chi connectivity index (χ1) is 7.61. The molecule has 0 aliphatic heterocycles. The van der Waals surface area contributed by atoms with Gasteiger partial charge in [-0.15, -0.1) is 11.3 Å². The van der Waals surface area contributed by atoms with Gasteiger partial charge in [0.25, 0.3) is 0 Å². The largest absolute Gasteiger partial charge is 0.395 e. The summed E-state index contributed by atoms with van der Waals surface area (Å²) < 4.78 is 2.13. The van der Waals surface area contributed by atoms with E-state index in [1.54, 1.807) is 11.3 Å². The van der Waals surface area contributed by atoms with Crippen LogP contribution in [0.15, 0.2) is 6.20 Å². The van der Waals surface area contributed by atoms with E-state index in [-0.39, 0.29) is 12.6 Å². The predicted molar refractivity (Wildman–Crippen MR) is 65.9 cm³/mol. The van der Waals surface area contributed by atoms with Gasteiger partial charge in [0.1, 0.15) is 0 Å². The maximum absolute atomic E-state index is 8.97. The maximum atomic E-state index is 8.97. The number of fused-ring (bicyclic) bond motifs is 1. The van der Waals surface area contributed by atoms with Crippen LogP contribution in [0.4, 0.5) is 0 Å². The molecule has 0 unspecified atom stereocenters. The number of aryl methyl sites for hydroxylation is 2. The normalized spacial score (nSPS) is 13.5. The summed E-state index contributed by atoms with van der Waals surface area (Å²) in [4.78, 5) is 6.82. The van der Waals surface area contributed by atoms with E-state index in [0.717, 1.165) is 17.2 Å². The highest BCUT2D eigenvalue weighted by molar-refractivity contribution is 7.17. The van der Waals surface area contributed by atoms with E-state index in [2.05, 4.69) is 27.8 Å². The highest BCUT2D eigenvalue weighted by Crippen LogP contribution is 2.20. The molecular formula is C11H17N3OS. The van der Waals surface area contributed by atoms with Gasteiger partial charge in [-0.05, 0) is 20.8 Å². The van der Waals surface area contributed by atoms with Gasteiger partial charge in [-0.3, -0.25) is 4.40 Å². The summed E-state index contributed by atoms with van der Waals surface area (Å²) in [5.41, 5.74) is 2.24. The molecule has 1 atom stereocenters. The number of nitrogens with one attached hydrogen (secondary N) is 1. The minimum absolute atomic E-state index is 0.115. The zero-order valence-corrected chi connectivity index (χ0v) is 10.6. The van der Waals surface area contributed by atoms with E-state index >= 15 is 0 Å². The highest BCUT2D eigenvalue weighted by Gasteiger charge is 2.11. The van der Waals surface area contributed by atoms with Gasteiger partial charge in [-0.2, -0.15) is 0 Å². The quantitative estimate of drug-likeness (QED) is 0.849. The molecule has 2 heterocycles. The van der Waals surface area contributed by atoms with Crippen LogP contribution in [0.2, 0.25) is 0 Å². The van der Waals surface area contributed by atoms with Gasteiger partial charge in [0.05, 0.1) is 18.0 Å². The lowest BCUT2D eigenvalue weighted by Crippen LogP contribution is -2.29. The number of rotatable bonds is 4. The number of thiazole rings is 1. The van der Waals surface area contributed by atoms with Gasteiger partial charge in [-0.25, -0.2) is 4.98 Å². The Bertz CT molecular complexity index is 489. The first-order valence-electron chi connectivity index (χ1n) is 5.40. The molecule has 0 amide bonds. The van der Waals surface area contributed by atoms with Crippen LogP contribution in [0.25, 0.3) is 4.96 Å². The Kier molecular flexibility index (Phi) is 3.28. The summed E-state index contributed by atoms with van der Waals surface area (Å²) in [5.74, 6) is 0. The fraction of sp³-hybridized carbons (Fsp3) is 0.545. The molecule has 0 bridgehead atoms. The third-order valence-electron chi connectivity index (χ3n) is 2.63. The maximum Gasteiger partial charge on any atom is 0.194 e. The topological polar surface area (TPSA) is 49.6 Å². The molecule has 2 N–H and O–H groups in total. The Morgan fingerprint density at radius 1 is 1.56 bits per heavy atom. The number of aromatic nitrogens is 2. The predicted octanol–water partition coefficient (Wildman–Crippen LogP) is 1.48. The number of aliphatic hydroxyl groups excluding tert-OH is 1. The number of hydrogen-bond acceptors (Lipinski definition) is 4. The minimum Gasteiger partial charge on any atom is -0.395 e. The van der Waals surface area contributed by atoms with Gasteiger partial charge in [-0.1, -0.05) is 0 Å². The molecule has 5 heteroatoms. The van der Waals surface area contributed by atoms with Crippen LogP contribution in [0.3, 0.4) is 0 Å². The molecule has 2 rings (SSSR count). The molecular weight excluding hydrogens is 222 g/mol. The molecule has 0 saturated heterocycles. The van der Waals surface area contributed by atoms with E-state index in [1.165, 1.54) is 10.6 Å². The number of aliphatic hydroxyl groups is 1. The Hall–Kier alpha value is -0.910. The van der Waals surface area contributed by atoms with E-state index < -0.39 is 0 Å². The lowest BCUT2D eigenvalue weighted by molar-refractivity contribution is 0.250. The van der Waals surface area contributed by atoms with Crippen molar-refractivity contribution in [3.8, 4) is 0 Å². The third kappa shape index (κ3) is 2.11. The SMILES string of the molecule is Cc1cn2c(CN[C@H](C)CO)c(C)nc2s1. The van der Waals surface area contributed by atoms with Gasteiger partial charge < -0.3 is 10.4 Å². The molecule has 0 saturated carbocycles.